The number of rotatable bonds is 8. The van der Waals surface area contributed by atoms with Crippen LogP contribution in [0.4, 0.5) is 0 Å². The Hall–Kier alpha value is -1.67. The van der Waals surface area contributed by atoms with Gasteiger partial charge in [-0.25, -0.2) is 9.13 Å². The highest BCUT2D eigenvalue weighted by Crippen LogP contribution is 2.03. The lowest BCUT2D eigenvalue weighted by Gasteiger charge is -2.01. The van der Waals surface area contributed by atoms with Gasteiger partial charge in [-0.15, -0.1) is 12.3 Å². The highest BCUT2D eigenvalue weighted by atomic mass is 16.5. The highest BCUT2D eigenvalue weighted by molar-refractivity contribution is 4.85. The Labute approximate surface area is 101 Å². The molecule has 0 amide bonds. The predicted molar refractivity (Wildman–Crippen MR) is 63.8 cm³/mol. The molecule has 5 heteroatoms. The number of hydrogen-bond acceptors (Lipinski definition) is 3. The van der Waals surface area contributed by atoms with Crippen LogP contribution >= 0.6 is 0 Å². The van der Waals surface area contributed by atoms with Crippen LogP contribution in [-0.4, -0.2) is 11.7 Å². The summed E-state index contributed by atoms with van der Waals surface area (Å²) in [5.74, 6) is 3.48. The topological polar surface area (TPSA) is 47.5 Å². The third kappa shape index (κ3) is 4.00. The molecule has 0 bridgehead atoms. The van der Waals surface area contributed by atoms with Crippen molar-refractivity contribution < 1.29 is 9.30 Å². The Kier molecular flexibility index (Phi) is 5.97. The van der Waals surface area contributed by atoms with Crippen molar-refractivity contribution in [1.29, 1.82) is 0 Å². The molecule has 17 heavy (non-hydrogen) atoms. The average molecular weight is 236 g/mol. The molecule has 0 atom stereocenters. The fraction of sp³-hybridized carbons (Fsp3) is 0.583. The molecule has 0 aromatic carbocycles. The zero-order valence-corrected chi connectivity index (χ0v) is 10.1. The number of nitrogens with zero attached hydrogens (tertiary/aromatic N) is 3. The minimum Gasteiger partial charge on any atom is -0.345 e. The summed E-state index contributed by atoms with van der Waals surface area (Å²) in [5, 5.41) is 2.95. The first-order valence-corrected chi connectivity index (χ1v) is 5.62. The lowest BCUT2D eigenvalue weighted by Crippen LogP contribution is -2.37. The van der Waals surface area contributed by atoms with Crippen LogP contribution in [0.1, 0.15) is 25.1 Å². The lowest BCUT2D eigenvalue weighted by molar-refractivity contribution is -0.737. The number of hydrogen-bond donors (Lipinski definition) is 0. The zero-order valence-electron chi connectivity index (χ0n) is 10.1. The summed E-state index contributed by atoms with van der Waals surface area (Å²) in [4.78, 5) is 10.4. The van der Waals surface area contributed by atoms with E-state index in [9.17, 15) is 4.91 Å². The van der Waals surface area contributed by atoms with Gasteiger partial charge in [-0.05, 0) is 12.8 Å². The van der Waals surface area contributed by atoms with E-state index in [4.69, 9.17) is 11.2 Å². The molecule has 0 spiro atoms. The Morgan fingerprint density at radius 3 is 3.06 bits per heavy atom. The number of imidazole rings is 1. The fourth-order valence-corrected chi connectivity index (χ4v) is 1.71. The monoisotopic (exact) mass is 236 g/mol. The van der Waals surface area contributed by atoms with E-state index < -0.39 is 0 Å². The lowest BCUT2D eigenvalue weighted by atomic mass is 10.2. The van der Waals surface area contributed by atoms with Gasteiger partial charge in [0.25, 0.3) is 5.82 Å². The molecule has 0 N–H and O–H groups in total. The number of terminal acetylenes is 1. The zero-order chi connectivity index (χ0) is 12.5. The van der Waals surface area contributed by atoms with Gasteiger partial charge in [0.1, 0.15) is 12.4 Å². The van der Waals surface area contributed by atoms with E-state index in [2.05, 4.69) is 11.1 Å². The molecule has 1 rings (SSSR count). The summed E-state index contributed by atoms with van der Waals surface area (Å²) in [7, 11) is 1.62. The van der Waals surface area contributed by atoms with Gasteiger partial charge in [-0.1, -0.05) is 5.18 Å². The van der Waals surface area contributed by atoms with Crippen LogP contribution < -0.4 is 4.57 Å². The maximum absolute atomic E-state index is 10.4. The van der Waals surface area contributed by atoms with Crippen LogP contribution in [0.2, 0.25) is 0 Å². The molecule has 92 valence electrons. The maximum atomic E-state index is 10.4. The van der Waals surface area contributed by atoms with Gasteiger partial charge < -0.3 is 4.74 Å². The van der Waals surface area contributed by atoms with E-state index >= 15 is 0 Å². The number of aromatic nitrogens is 2. The van der Waals surface area contributed by atoms with Gasteiger partial charge >= 0.3 is 0 Å². The van der Waals surface area contributed by atoms with E-state index in [1.807, 2.05) is 21.5 Å². The molecule has 0 aliphatic rings. The summed E-state index contributed by atoms with van der Waals surface area (Å²) in [5.41, 5.74) is 0. The second-order valence-electron chi connectivity index (χ2n) is 3.74. The molecule has 1 aromatic rings. The first-order chi connectivity index (χ1) is 8.33. The number of ether oxygens (including phenoxy) is 1. The molecular weight excluding hydrogens is 218 g/mol. The standard InChI is InChI=1S/C12H18N3O2/c1-3-4-5-6-7-14-8-9-15(11-17-2)12(14)10-13-16/h1,8-9H,4-7,10-11H2,2H3/q+1. The van der Waals surface area contributed by atoms with Crippen molar-refractivity contribution in [1.82, 2.24) is 4.57 Å². The van der Waals surface area contributed by atoms with Crippen molar-refractivity contribution in [3.8, 4) is 12.3 Å². The summed E-state index contributed by atoms with van der Waals surface area (Å²) < 4.78 is 8.95. The molecule has 0 unspecified atom stereocenters. The van der Waals surface area contributed by atoms with E-state index in [-0.39, 0.29) is 6.54 Å². The molecule has 0 radical (unpaired) electrons. The molecule has 0 aliphatic heterocycles. The predicted octanol–water partition coefficient (Wildman–Crippen LogP) is 1.45. The number of methoxy groups -OCH3 is 1. The van der Waals surface area contributed by atoms with Gasteiger partial charge in [0.05, 0.1) is 6.54 Å². The first kappa shape index (κ1) is 13.4. The first-order valence-electron chi connectivity index (χ1n) is 5.62. The molecular formula is C12H18N3O2+. The van der Waals surface area contributed by atoms with Crippen molar-refractivity contribution >= 4 is 0 Å². The van der Waals surface area contributed by atoms with E-state index in [1.54, 1.807) is 7.11 Å². The highest BCUT2D eigenvalue weighted by Gasteiger charge is 2.16. The minimum absolute atomic E-state index is 0.158. The van der Waals surface area contributed by atoms with Gasteiger partial charge in [0.15, 0.2) is 13.3 Å². The number of nitroso groups, excluding NO2 is 1. The third-order valence-corrected chi connectivity index (χ3v) is 2.53. The van der Waals surface area contributed by atoms with Crippen molar-refractivity contribution in [2.75, 3.05) is 7.11 Å². The smallest absolute Gasteiger partial charge is 0.284 e. The summed E-state index contributed by atoms with van der Waals surface area (Å²) >= 11 is 0. The van der Waals surface area contributed by atoms with E-state index in [1.165, 1.54) is 0 Å². The van der Waals surface area contributed by atoms with Crippen LogP contribution in [-0.2, 0) is 24.6 Å². The Bertz CT molecular complexity index is 393. The van der Waals surface area contributed by atoms with Gasteiger partial charge in [0, 0.05) is 13.5 Å². The molecule has 0 saturated carbocycles. The van der Waals surface area contributed by atoms with E-state index in [0.717, 1.165) is 31.6 Å². The maximum Gasteiger partial charge on any atom is 0.284 e. The van der Waals surface area contributed by atoms with Crippen molar-refractivity contribution in [2.45, 2.75) is 39.1 Å². The average Bonchev–Trinajstić information content (AvgIpc) is 2.69. The Morgan fingerprint density at radius 1 is 1.59 bits per heavy atom. The SMILES string of the molecule is C#CCCCCn1cc[n+](COC)c1CN=O. The fourth-order valence-electron chi connectivity index (χ4n) is 1.71. The van der Waals surface area contributed by atoms with Gasteiger partial charge in [-0.2, -0.15) is 4.91 Å². The second-order valence-corrected chi connectivity index (χ2v) is 3.74. The van der Waals surface area contributed by atoms with Crippen molar-refractivity contribution in [3.63, 3.8) is 0 Å². The summed E-state index contributed by atoms with van der Waals surface area (Å²) in [6, 6.07) is 0. The van der Waals surface area contributed by atoms with Gasteiger partial charge in [-0.3, -0.25) is 0 Å². The Balaban J connectivity index is 2.63. The minimum atomic E-state index is 0.158. The number of aryl methyl sites for hydroxylation is 1. The van der Waals surface area contributed by atoms with Crippen LogP contribution in [0, 0.1) is 17.3 Å². The molecule has 1 aromatic heterocycles. The Morgan fingerprint density at radius 2 is 2.41 bits per heavy atom. The molecule has 5 nitrogen and oxygen atoms in total. The molecule has 0 fully saturated rings. The molecule has 0 saturated heterocycles. The summed E-state index contributed by atoms with van der Waals surface area (Å²) in [6.45, 7) is 1.44. The quantitative estimate of drug-likeness (QED) is 0.297. The largest absolute Gasteiger partial charge is 0.345 e. The van der Waals surface area contributed by atoms with Crippen LogP contribution in [0.25, 0.3) is 0 Å². The summed E-state index contributed by atoms with van der Waals surface area (Å²) in [6.07, 6.45) is 11.8. The third-order valence-electron chi connectivity index (χ3n) is 2.53. The van der Waals surface area contributed by atoms with Gasteiger partial charge in [0.2, 0.25) is 0 Å². The molecule has 0 aliphatic carbocycles. The van der Waals surface area contributed by atoms with Crippen LogP contribution in [0.5, 0.6) is 0 Å². The normalized spacial score (nSPS) is 10.1. The second kappa shape index (κ2) is 7.58. The van der Waals surface area contributed by atoms with Crippen LogP contribution in [0.15, 0.2) is 17.6 Å². The van der Waals surface area contributed by atoms with Crippen molar-refractivity contribution in [2.24, 2.45) is 5.18 Å². The van der Waals surface area contributed by atoms with E-state index in [0.29, 0.717) is 6.73 Å². The van der Waals surface area contributed by atoms with Crippen molar-refractivity contribution in [3.05, 3.63) is 23.1 Å². The molecule has 1 heterocycles. The number of unbranched alkanes of at least 4 members (excludes halogenated alkanes) is 2. The van der Waals surface area contributed by atoms with Crippen LogP contribution in [0.3, 0.4) is 0 Å².